The van der Waals surface area contributed by atoms with Gasteiger partial charge in [0.15, 0.2) is 0 Å². The molecule has 0 radical (unpaired) electrons. The molecule has 1 heterocycles. The van der Waals surface area contributed by atoms with E-state index in [2.05, 4.69) is 5.10 Å². The molecular weight excluding hydrogens is 256 g/mol. The van der Waals surface area contributed by atoms with Crippen molar-refractivity contribution in [1.29, 1.82) is 0 Å². The lowest BCUT2D eigenvalue weighted by Crippen LogP contribution is -2.29. The molecule has 0 bridgehead atoms. The van der Waals surface area contributed by atoms with E-state index in [0.29, 0.717) is 12.4 Å². The summed E-state index contributed by atoms with van der Waals surface area (Å²) in [5, 5.41) is 3.99. The Labute approximate surface area is 117 Å². The highest BCUT2D eigenvalue weighted by Gasteiger charge is 2.10. The lowest BCUT2D eigenvalue weighted by molar-refractivity contribution is -0.131. The van der Waals surface area contributed by atoms with Gasteiger partial charge in [-0.15, -0.1) is 0 Å². The highest BCUT2D eigenvalue weighted by atomic mass is 16.5. The van der Waals surface area contributed by atoms with E-state index >= 15 is 0 Å². The van der Waals surface area contributed by atoms with Crippen molar-refractivity contribution in [2.24, 2.45) is 0 Å². The van der Waals surface area contributed by atoms with Crippen LogP contribution in [0.5, 0.6) is 5.75 Å². The Bertz CT molecular complexity index is 577. The van der Waals surface area contributed by atoms with Gasteiger partial charge >= 0.3 is 0 Å². The zero-order valence-electron chi connectivity index (χ0n) is 11.6. The van der Waals surface area contributed by atoms with Crippen LogP contribution in [0.4, 0.5) is 5.82 Å². The third-order valence-corrected chi connectivity index (χ3v) is 2.96. The summed E-state index contributed by atoms with van der Waals surface area (Å²) in [6, 6.07) is 9.30. The first-order chi connectivity index (χ1) is 9.58. The molecule has 106 valence electrons. The minimum Gasteiger partial charge on any atom is -0.497 e. The molecule has 2 rings (SSSR count). The average molecular weight is 274 g/mol. The van der Waals surface area contributed by atoms with Crippen LogP contribution in [0.1, 0.15) is 5.56 Å². The number of carbonyl (C=O) groups excluding carboxylic acids is 1. The van der Waals surface area contributed by atoms with E-state index in [4.69, 9.17) is 10.5 Å². The highest BCUT2D eigenvalue weighted by Crippen LogP contribution is 2.12. The Hall–Kier alpha value is -2.50. The number of methoxy groups -OCH3 is 1. The summed E-state index contributed by atoms with van der Waals surface area (Å²) in [6.45, 7) is 0.726. The fraction of sp³-hybridized carbons (Fsp3) is 0.286. The first-order valence-electron chi connectivity index (χ1n) is 6.24. The number of nitrogens with two attached hydrogens (primary N) is 1. The van der Waals surface area contributed by atoms with Gasteiger partial charge in [-0.3, -0.25) is 9.48 Å². The topological polar surface area (TPSA) is 73.4 Å². The van der Waals surface area contributed by atoms with Crippen LogP contribution < -0.4 is 10.5 Å². The molecule has 0 saturated carbocycles. The molecule has 0 aliphatic heterocycles. The molecule has 1 aromatic carbocycles. The van der Waals surface area contributed by atoms with Gasteiger partial charge in [0.25, 0.3) is 0 Å². The van der Waals surface area contributed by atoms with Crippen molar-refractivity contribution < 1.29 is 9.53 Å². The Balaban J connectivity index is 1.92. The second-order valence-corrected chi connectivity index (χ2v) is 4.54. The molecule has 0 atom stereocenters. The summed E-state index contributed by atoms with van der Waals surface area (Å²) < 4.78 is 6.63. The molecule has 20 heavy (non-hydrogen) atoms. The van der Waals surface area contributed by atoms with E-state index in [-0.39, 0.29) is 12.5 Å². The summed E-state index contributed by atoms with van der Waals surface area (Å²) in [7, 11) is 3.39. The summed E-state index contributed by atoms with van der Waals surface area (Å²) in [5.41, 5.74) is 6.56. The first kappa shape index (κ1) is 13.9. The molecule has 0 aliphatic rings. The second kappa shape index (κ2) is 6.10. The number of hydrogen-bond donors (Lipinski definition) is 1. The lowest BCUT2D eigenvalue weighted by Gasteiger charge is -2.17. The van der Waals surface area contributed by atoms with Crippen LogP contribution in [0.15, 0.2) is 36.5 Å². The Kier molecular flexibility index (Phi) is 4.24. The number of anilines is 1. The Morgan fingerprint density at radius 1 is 1.35 bits per heavy atom. The number of ether oxygens (including phenoxy) is 1. The van der Waals surface area contributed by atoms with Crippen LogP contribution in [0.2, 0.25) is 0 Å². The van der Waals surface area contributed by atoms with Crippen LogP contribution >= 0.6 is 0 Å². The summed E-state index contributed by atoms with van der Waals surface area (Å²) in [4.78, 5) is 13.7. The van der Waals surface area contributed by atoms with Crippen molar-refractivity contribution in [1.82, 2.24) is 14.7 Å². The molecule has 6 nitrogen and oxygen atoms in total. The fourth-order valence-electron chi connectivity index (χ4n) is 1.82. The molecule has 0 spiro atoms. The van der Waals surface area contributed by atoms with E-state index in [9.17, 15) is 4.79 Å². The van der Waals surface area contributed by atoms with Crippen molar-refractivity contribution in [2.45, 2.75) is 13.1 Å². The Morgan fingerprint density at radius 2 is 2.05 bits per heavy atom. The number of carbonyl (C=O) groups is 1. The minimum atomic E-state index is -0.0241. The van der Waals surface area contributed by atoms with Crippen molar-refractivity contribution >= 4 is 11.7 Å². The van der Waals surface area contributed by atoms with E-state index in [1.54, 1.807) is 31.3 Å². The average Bonchev–Trinajstić information content (AvgIpc) is 2.85. The third kappa shape index (κ3) is 3.50. The molecule has 0 saturated heterocycles. The molecule has 1 aromatic heterocycles. The maximum Gasteiger partial charge on any atom is 0.244 e. The van der Waals surface area contributed by atoms with Gasteiger partial charge in [-0.05, 0) is 23.8 Å². The van der Waals surface area contributed by atoms with Crippen LogP contribution in [-0.2, 0) is 17.9 Å². The minimum absolute atomic E-state index is 0.0241. The van der Waals surface area contributed by atoms with Crippen LogP contribution in [0, 0.1) is 0 Å². The van der Waals surface area contributed by atoms with Crippen LogP contribution in [0.3, 0.4) is 0 Å². The fourth-order valence-corrected chi connectivity index (χ4v) is 1.82. The number of benzene rings is 1. The summed E-state index contributed by atoms with van der Waals surface area (Å²) in [6.07, 6.45) is 1.69. The van der Waals surface area contributed by atoms with Gasteiger partial charge in [-0.25, -0.2) is 0 Å². The number of likely N-dealkylation sites (N-methyl/N-ethyl adjacent to an activating group) is 1. The van der Waals surface area contributed by atoms with Gasteiger partial charge in [0.1, 0.15) is 18.1 Å². The molecular formula is C14H18N4O2. The highest BCUT2D eigenvalue weighted by molar-refractivity contribution is 5.75. The maximum absolute atomic E-state index is 12.0. The van der Waals surface area contributed by atoms with Gasteiger partial charge < -0.3 is 15.4 Å². The number of nitrogens with zero attached hydrogens (tertiary/aromatic N) is 3. The number of hydrogen-bond acceptors (Lipinski definition) is 4. The van der Waals surface area contributed by atoms with Gasteiger partial charge in [0, 0.05) is 19.8 Å². The Morgan fingerprint density at radius 3 is 2.60 bits per heavy atom. The van der Waals surface area contributed by atoms with Crippen molar-refractivity contribution in [3.05, 3.63) is 42.1 Å². The number of aromatic nitrogens is 2. The lowest BCUT2D eigenvalue weighted by atomic mass is 10.2. The van der Waals surface area contributed by atoms with E-state index < -0.39 is 0 Å². The van der Waals surface area contributed by atoms with Gasteiger partial charge in [-0.1, -0.05) is 12.1 Å². The number of rotatable bonds is 5. The summed E-state index contributed by atoms with van der Waals surface area (Å²) in [5.74, 6) is 1.19. The molecule has 2 aromatic rings. The van der Waals surface area contributed by atoms with E-state index in [0.717, 1.165) is 11.3 Å². The SMILES string of the molecule is COc1ccc(CN(C)C(=O)Cn2ccc(N)n2)cc1. The molecule has 1 amide bonds. The summed E-state index contributed by atoms with van der Waals surface area (Å²) >= 11 is 0. The molecule has 6 heteroatoms. The number of nitrogen functional groups attached to an aromatic ring is 1. The molecule has 0 aliphatic carbocycles. The van der Waals surface area contributed by atoms with Crippen molar-refractivity contribution in [3.8, 4) is 5.75 Å². The van der Waals surface area contributed by atoms with Gasteiger partial charge in [0.05, 0.1) is 7.11 Å². The van der Waals surface area contributed by atoms with Crippen molar-refractivity contribution in [3.63, 3.8) is 0 Å². The van der Waals surface area contributed by atoms with E-state index in [1.807, 2.05) is 24.3 Å². The largest absolute Gasteiger partial charge is 0.497 e. The number of amides is 1. The van der Waals surface area contributed by atoms with Crippen molar-refractivity contribution in [2.75, 3.05) is 19.9 Å². The first-order valence-corrected chi connectivity index (χ1v) is 6.24. The van der Waals surface area contributed by atoms with Gasteiger partial charge in [0.2, 0.25) is 5.91 Å². The zero-order valence-corrected chi connectivity index (χ0v) is 11.6. The second-order valence-electron chi connectivity index (χ2n) is 4.54. The molecule has 0 unspecified atom stereocenters. The third-order valence-electron chi connectivity index (χ3n) is 2.96. The quantitative estimate of drug-likeness (QED) is 0.887. The van der Waals surface area contributed by atoms with Crippen LogP contribution in [0.25, 0.3) is 0 Å². The standard InChI is InChI=1S/C14H18N4O2/c1-17(9-11-3-5-12(20-2)6-4-11)14(19)10-18-8-7-13(15)16-18/h3-8H,9-10H2,1-2H3,(H2,15,16). The molecule has 0 fully saturated rings. The maximum atomic E-state index is 12.0. The predicted molar refractivity (Wildman–Crippen MR) is 76.1 cm³/mol. The smallest absolute Gasteiger partial charge is 0.244 e. The molecule has 2 N–H and O–H groups in total. The van der Waals surface area contributed by atoms with Crippen LogP contribution in [-0.4, -0.2) is 34.7 Å². The van der Waals surface area contributed by atoms with E-state index in [1.165, 1.54) is 4.68 Å². The zero-order chi connectivity index (χ0) is 14.5. The van der Waals surface area contributed by atoms with Gasteiger partial charge in [-0.2, -0.15) is 5.10 Å². The monoisotopic (exact) mass is 274 g/mol. The predicted octanol–water partition coefficient (Wildman–Crippen LogP) is 1.13. The normalized spacial score (nSPS) is 10.3.